The predicted molar refractivity (Wildman–Crippen MR) is 73.0 cm³/mol. The van der Waals surface area contributed by atoms with Crippen LogP contribution in [0.4, 0.5) is 13.2 Å². The number of nitrogens with zero attached hydrogens (tertiary/aromatic N) is 1. The van der Waals surface area contributed by atoms with Gasteiger partial charge >= 0.3 is 12.1 Å². The molecule has 1 heterocycles. The van der Waals surface area contributed by atoms with E-state index in [1.54, 1.807) is 0 Å². The predicted octanol–water partition coefficient (Wildman–Crippen LogP) is 2.73. The van der Waals surface area contributed by atoms with Crippen LogP contribution in [0.5, 0.6) is 17.4 Å². The lowest BCUT2D eigenvalue weighted by atomic mass is 10.1. The SMILES string of the molecule is COc1cc2nc(OCC(=O)O)cc(C(F)(F)F)c2cc1OC. The van der Waals surface area contributed by atoms with Gasteiger partial charge in [0, 0.05) is 17.5 Å². The first-order valence-corrected chi connectivity index (χ1v) is 6.25. The summed E-state index contributed by atoms with van der Waals surface area (Å²) in [5.74, 6) is -1.46. The minimum Gasteiger partial charge on any atom is -0.493 e. The highest BCUT2D eigenvalue weighted by molar-refractivity contribution is 5.87. The zero-order valence-electron chi connectivity index (χ0n) is 12.1. The summed E-state index contributed by atoms with van der Waals surface area (Å²) < 4.78 is 54.5. The molecule has 23 heavy (non-hydrogen) atoms. The Morgan fingerprint density at radius 3 is 2.30 bits per heavy atom. The average Bonchev–Trinajstić information content (AvgIpc) is 2.49. The number of halogens is 3. The molecule has 1 aromatic carbocycles. The molecule has 0 fully saturated rings. The van der Waals surface area contributed by atoms with Crippen molar-refractivity contribution in [2.24, 2.45) is 0 Å². The molecule has 0 saturated heterocycles. The fourth-order valence-electron chi connectivity index (χ4n) is 1.97. The first-order chi connectivity index (χ1) is 10.8. The van der Waals surface area contributed by atoms with Crippen LogP contribution >= 0.6 is 0 Å². The number of carboxylic acids is 1. The van der Waals surface area contributed by atoms with E-state index in [0.717, 1.165) is 6.07 Å². The van der Waals surface area contributed by atoms with Gasteiger partial charge in [-0.2, -0.15) is 13.2 Å². The Morgan fingerprint density at radius 2 is 1.78 bits per heavy atom. The van der Waals surface area contributed by atoms with Crippen LogP contribution < -0.4 is 14.2 Å². The molecule has 0 radical (unpaired) electrons. The molecule has 0 aliphatic rings. The summed E-state index contributed by atoms with van der Waals surface area (Å²) in [7, 11) is 2.63. The van der Waals surface area contributed by atoms with E-state index in [-0.39, 0.29) is 22.4 Å². The van der Waals surface area contributed by atoms with Crippen molar-refractivity contribution in [3.8, 4) is 17.4 Å². The van der Waals surface area contributed by atoms with Gasteiger partial charge in [0.05, 0.1) is 25.3 Å². The second kappa shape index (κ2) is 6.19. The van der Waals surface area contributed by atoms with E-state index in [0.29, 0.717) is 6.07 Å². The molecule has 9 heteroatoms. The maximum absolute atomic E-state index is 13.2. The molecule has 0 aliphatic heterocycles. The summed E-state index contributed by atoms with van der Waals surface area (Å²) in [6.07, 6.45) is -4.68. The molecule has 2 rings (SSSR count). The highest BCUT2D eigenvalue weighted by Gasteiger charge is 2.34. The van der Waals surface area contributed by atoms with Gasteiger partial charge in [-0.3, -0.25) is 0 Å². The Labute approximate surface area is 128 Å². The van der Waals surface area contributed by atoms with Crippen LogP contribution in [0.1, 0.15) is 5.56 Å². The lowest BCUT2D eigenvalue weighted by Crippen LogP contribution is -2.12. The number of alkyl halides is 3. The van der Waals surface area contributed by atoms with E-state index in [9.17, 15) is 18.0 Å². The quantitative estimate of drug-likeness (QED) is 0.908. The van der Waals surface area contributed by atoms with Gasteiger partial charge in [-0.25, -0.2) is 9.78 Å². The van der Waals surface area contributed by atoms with E-state index >= 15 is 0 Å². The molecule has 1 aromatic heterocycles. The van der Waals surface area contributed by atoms with Gasteiger partial charge in [-0.1, -0.05) is 0 Å². The highest BCUT2D eigenvalue weighted by atomic mass is 19.4. The minimum absolute atomic E-state index is 0.0575. The van der Waals surface area contributed by atoms with Crippen LogP contribution in [-0.2, 0) is 11.0 Å². The molecular weight excluding hydrogens is 319 g/mol. The smallest absolute Gasteiger partial charge is 0.417 e. The Hall–Kier alpha value is -2.71. The fourth-order valence-corrected chi connectivity index (χ4v) is 1.97. The van der Waals surface area contributed by atoms with E-state index in [1.165, 1.54) is 20.3 Å². The summed E-state index contributed by atoms with van der Waals surface area (Å²) >= 11 is 0. The summed E-state index contributed by atoms with van der Waals surface area (Å²) in [4.78, 5) is 14.4. The lowest BCUT2D eigenvalue weighted by molar-refractivity contribution is -0.139. The van der Waals surface area contributed by atoms with Gasteiger partial charge in [0.2, 0.25) is 5.88 Å². The summed E-state index contributed by atoms with van der Waals surface area (Å²) in [5, 5.41) is 8.35. The van der Waals surface area contributed by atoms with Gasteiger partial charge in [0.1, 0.15) is 0 Å². The monoisotopic (exact) mass is 331 g/mol. The Bertz CT molecular complexity index is 745. The van der Waals surface area contributed by atoms with Gasteiger partial charge in [0.25, 0.3) is 0 Å². The number of carboxylic acid groups (broad SMARTS) is 1. The number of hydrogen-bond donors (Lipinski definition) is 1. The van der Waals surface area contributed by atoms with Gasteiger partial charge in [-0.15, -0.1) is 0 Å². The standard InChI is InChI=1S/C14H12F3NO5/c1-21-10-3-7-8(14(15,16)17)4-12(23-6-13(19)20)18-9(7)5-11(10)22-2/h3-5H,6H2,1-2H3,(H,19,20). The molecule has 2 aromatic rings. The molecule has 0 aliphatic carbocycles. The number of rotatable bonds is 5. The van der Waals surface area contributed by atoms with Gasteiger partial charge in [-0.05, 0) is 6.07 Å². The minimum atomic E-state index is -4.68. The van der Waals surface area contributed by atoms with Crippen molar-refractivity contribution in [2.75, 3.05) is 20.8 Å². The average molecular weight is 331 g/mol. The van der Waals surface area contributed by atoms with Crippen LogP contribution in [-0.4, -0.2) is 36.9 Å². The number of ether oxygens (including phenoxy) is 3. The van der Waals surface area contributed by atoms with Crippen molar-refractivity contribution < 1.29 is 37.3 Å². The van der Waals surface area contributed by atoms with Crippen molar-refractivity contribution in [3.63, 3.8) is 0 Å². The largest absolute Gasteiger partial charge is 0.493 e. The van der Waals surface area contributed by atoms with Crippen LogP contribution in [0.3, 0.4) is 0 Å². The van der Waals surface area contributed by atoms with Crippen molar-refractivity contribution in [1.29, 1.82) is 0 Å². The first kappa shape index (κ1) is 16.7. The number of aliphatic carboxylic acids is 1. The number of carbonyl (C=O) groups is 1. The third-order valence-electron chi connectivity index (χ3n) is 2.94. The highest BCUT2D eigenvalue weighted by Crippen LogP contribution is 2.40. The summed E-state index contributed by atoms with van der Waals surface area (Å²) in [6, 6.07) is 3.07. The van der Waals surface area contributed by atoms with E-state index in [2.05, 4.69) is 4.98 Å². The maximum Gasteiger partial charge on any atom is 0.417 e. The topological polar surface area (TPSA) is 77.9 Å². The Balaban J connectivity index is 2.68. The molecular formula is C14H12F3NO5. The maximum atomic E-state index is 13.2. The summed E-state index contributed by atoms with van der Waals surface area (Å²) in [6.45, 7) is -0.802. The second-order valence-corrected chi connectivity index (χ2v) is 4.41. The normalized spacial score (nSPS) is 11.3. The molecule has 124 valence electrons. The number of aromatic nitrogens is 1. The zero-order valence-corrected chi connectivity index (χ0v) is 12.1. The van der Waals surface area contributed by atoms with E-state index in [1.807, 2.05) is 0 Å². The van der Waals surface area contributed by atoms with Crippen LogP contribution in [0.15, 0.2) is 18.2 Å². The number of fused-ring (bicyclic) bond motifs is 1. The molecule has 1 N–H and O–H groups in total. The fraction of sp³-hybridized carbons (Fsp3) is 0.286. The van der Waals surface area contributed by atoms with Crippen LogP contribution in [0.2, 0.25) is 0 Å². The lowest BCUT2D eigenvalue weighted by Gasteiger charge is -2.15. The molecule has 0 bridgehead atoms. The first-order valence-electron chi connectivity index (χ1n) is 6.25. The molecule has 0 amide bonds. The Kier molecular flexibility index (Phi) is 4.48. The molecule has 0 spiro atoms. The molecule has 6 nitrogen and oxygen atoms in total. The second-order valence-electron chi connectivity index (χ2n) is 4.41. The molecule has 0 saturated carbocycles. The zero-order chi connectivity index (χ0) is 17.2. The molecule has 0 unspecified atom stereocenters. The molecule has 0 atom stereocenters. The van der Waals surface area contributed by atoms with Crippen molar-refractivity contribution in [2.45, 2.75) is 6.18 Å². The third-order valence-corrected chi connectivity index (χ3v) is 2.94. The van der Waals surface area contributed by atoms with Crippen molar-refractivity contribution >= 4 is 16.9 Å². The number of hydrogen-bond acceptors (Lipinski definition) is 5. The van der Waals surface area contributed by atoms with Gasteiger partial charge in [0.15, 0.2) is 18.1 Å². The van der Waals surface area contributed by atoms with Crippen molar-refractivity contribution in [3.05, 3.63) is 23.8 Å². The number of pyridine rings is 1. The summed E-state index contributed by atoms with van der Waals surface area (Å²) in [5.41, 5.74) is -1.07. The Morgan fingerprint density at radius 1 is 1.17 bits per heavy atom. The number of benzene rings is 1. The number of methoxy groups -OCH3 is 2. The van der Waals surface area contributed by atoms with Gasteiger partial charge < -0.3 is 19.3 Å². The van der Waals surface area contributed by atoms with Crippen LogP contribution in [0.25, 0.3) is 10.9 Å². The van der Waals surface area contributed by atoms with E-state index in [4.69, 9.17) is 19.3 Å². The van der Waals surface area contributed by atoms with Crippen LogP contribution in [0, 0.1) is 0 Å². The van der Waals surface area contributed by atoms with E-state index < -0.39 is 30.2 Å². The third kappa shape index (κ3) is 3.55. The van der Waals surface area contributed by atoms with Crippen molar-refractivity contribution in [1.82, 2.24) is 4.98 Å².